The minimum absolute atomic E-state index is 0.000728. The highest BCUT2D eigenvalue weighted by Crippen LogP contribution is 2.21. The molecule has 2 aromatic carbocycles. The maximum atomic E-state index is 12.7. The summed E-state index contributed by atoms with van der Waals surface area (Å²) in [6.07, 6.45) is 0. The minimum atomic E-state index is -3.76. The third-order valence-electron chi connectivity index (χ3n) is 4.30. The molecule has 0 atom stereocenters. The summed E-state index contributed by atoms with van der Waals surface area (Å²) in [5.74, 6) is -0.144. The van der Waals surface area contributed by atoms with E-state index in [0.717, 1.165) is 4.47 Å². The number of non-ortho nitro benzene ring substituents is 1. The van der Waals surface area contributed by atoms with Crippen molar-refractivity contribution in [1.29, 1.82) is 0 Å². The van der Waals surface area contributed by atoms with Crippen LogP contribution in [0.15, 0.2) is 57.9 Å². The van der Waals surface area contributed by atoms with Gasteiger partial charge in [-0.05, 0) is 36.4 Å². The number of carbonyl (C=O) groups excluding carboxylic acids is 1. The summed E-state index contributed by atoms with van der Waals surface area (Å²) < 4.78 is 27.6. The number of hydrogen-bond acceptors (Lipinski definition) is 5. The van der Waals surface area contributed by atoms with Crippen LogP contribution in [0.2, 0.25) is 0 Å². The Bertz CT molecular complexity index is 953. The third kappa shape index (κ3) is 4.18. The Labute approximate surface area is 164 Å². The molecule has 1 saturated heterocycles. The molecule has 1 aliphatic rings. The number of hydrogen-bond donors (Lipinski definition) is 0. The van der Waals surface area contributed by atoms with Crippen LogP contribution in [0.1, 0.15) is 10.4 Å². The van der Waals surface area contributed by atoms with Gasteiger partial charge in [-0.15, -0.1) is 0 Å². The predicted molar refractivity (Wildman–Crippen MR) is 102 cm³/mol. The lowest BCUT2D eigenvalue weighted by Gasteiger charge is -2.34. The summed E-state index contributed by atoms with van der Waals surface area (Å²) in [7, 11) is -3.76. The molecular formula is C17H16BrN3O5S. The van der Waals surface area contributed by atoms with Crippen LogP contribution >= 0.6 is 15.9 Å². The largest absolute Gasteiger partial charge is 0.336 e. The molecule has 1 heterocycles. The lowest BCUT2D eigenvalue weighted by Crippen LogP contribution is -2.50. The fourth-order valence-corrected chi connectivity index (χ4v) is 4.48. The molecule has 27 heavy (non-hydrogen) atoms. The van der Waals surface area contributed by atoms with Crippen molar-refractivity contribution < 1.29 is 18.1 Å². The van der Waals surface area contributed by atoms with Crippen LogP contribution in [0.25, 0.3) is 0 Å². The van der Waals surface area contributed by atoms with E-state index in [9.17, 15) is 23.3 Å². The van der Waals surface area contributed by atoms with Crippen LogP contribution in [-0.2, 0) is 10.0 Å². The quantitative estimate of drug-likeness (QED) is 0.522. The average Bonchev–Trinajstić information content (AvgIpc) is 2.68. The maximum absolute atomic E-state index is 12.7. The van der Waals surface area contributed by atoms with Crippen molar-refractivity contribution in [2.45, 2.75) is 4.90 Å². The molecule has 2 aromatic rings. The van der Waals surface area contributed by atoms with Crippen LogP contribution in [0.3, 0.4) is 0 Å². The zero-order valence-corrected chi connectivity index (χ0v) is 16.5. The lowest BCUT2D eigenvalue weighted by molar-refractivity contribution is -0.384. The van der Waals surface area contributed by atoms with Crippen LogP contribution in [0.4, 0.5) is 5.69 Å². The van der Waals surface area contributed by atoms with E-state index >= 15 is 0 Å². The molecule has 0 radical (unpaired) electrons. The second-order valence-electron chi connectivity index (χ2n) is 5.95. The molecule has 0 spiro atoms. The second-order valence-corrected chi connectivity index (χ2v) is 8.81. The monoisotopic (exact) mass is 453 g/mol. The molecule has 0 aromatic heterocycles. The van der Waals surface area contributed by atoms with Gasteiger partial charge in [0.05, 0.1) is 9.82 Å². The highest BCUT2D eigenvalue weighted by atomic mass is 79.9. The molecule has 10 heteroatoms. The standard InChI is InChI=1S/C17H16BrN3O5S/c18-14-3-1-13(2-4-14)17(22)19-9-11-20(12-10-19)27(25,26)16-7-5-15(6-8-16)21(23)24/h1-8H,9-12H2. The number of sulfonamides is 1. The molecule has 0 saturated carbocycles. The molecular weight excluding hydrogens is 438 g/mol. The highest BCUT2D eigenvalue weighted by Gasteiger charge is 2.30. The van der Waals surface area contributed by atoms with E-state index in [0.29, 0.717) is 5.56 Å². The molecule has 0 aliphatic carbocycles. The van der Waals surface area contributed by atoms with Crippen LogP contribution in [0, 0.1) is 10.1 Å². The van der Waals surface area contributed by atoms with Gasteiger partial charge in [0.1, 0.15) is 0 Å². The Morgan fingerprint density at radius 2 is 1.52 bits per heavy atom. The number of piperazine rings is 1. The van der Waals surface area contributed by atoms with E-state index in [2.05, 4.69) is 15.9 Å². The fourth-order valence-electron chi connectivity index (χ4n) is 2.80. The number of rotatable bonds is 4. The lowest BCUT2D eigenvalue weighted by atomic mass is 10.2. The van der Waals surface area contributed by atoms with Gasteiger partial charge >= 0.3 is 0 Å². The summed E-state index contributed by atoms with van der Waals surface area (Å²) in [5.41, 5.74) is 0.378. The SMILES string of the molecule is O=C(c1ccc(Br)cc1)N1CCN(S(=O)(=O)c2ccc([N+](=O)[O-])cc2)CC1. The highest BCUT2D eigenvalue weighted by molar-refractivity contribution is 9.10. The Balaban J connectivity index is 1.68. The fraction of sp³-hybridized carbons (Fsp3) is 0.235. The number of halogens is 1. The van der Waals surface area contributed by atoms with E-state index in [1.165, 1.54) is 28.6 Å². The molecule has 8 nitrogen and oxygen atoms in total. The Hall–Kier alpha value is -2.30. The maximum Gasteiger partial charge on any atom is 0.269 e. The van der Waals surface area contributed by atoms with E-state index in [1.54, 1.807) is 29.2 Å². The number of carbonyl (C=O) groups is 1. The smallest absolute Gasteiger partial charge is 0.269 e. The summed E-state index contributed by atoms with van der Waals surface area (Å²) >= 11 is 3.32. The summed E-state index contributed by atoms with van der Waals surface area (Å²) in [6, 6.07) is 11.8. The normalized spacial score (nSPS) is 15.5. The average molecular weight is 454 g/mol. The Morgan fingerprint density at radius 1 is 0.963 bits per heavy atom. The van der Waals surface area contributed by atoms with Crippen molar-refractivity contribution in [2.24, 2.45) is 0 Å². The first-order valence-corrected chi connectivity index (χ1v) is 10.3. The molecule has 0 bridgehead atoms. The first-order chi connectivity index (χ1) is 12.8. The first kappa shape index (κ1) is 19.5. The van der Waals surface area contributed by atoms with Gasteiger partial charge in [-0.3, -0.25) is 14.9 Å². The van der Waals surface area contributed by atoms with E-state index in [4.69, 9.17) is 0 Å². The zero-order valence-electron chi connectivity index (χ0n) is 14.1. The summed E-state index contributed by atoms with van der Waals surface area (Å²) in [4.78, 5) is 24.3. The van der Waals surface area contributed by atoms with Crippen molar-refractivity contribution in [3.05, 3.63) is 68.7 Å². The van der Waals surface area contributed by atoms with Crippen molar-refractivity contribution in [3.63, 3.8) is 0 Å². The summed E-state index contributed by atoms with van der Waals surface area (Å²) in [5, 5.41) is 10.7. The van der Waals surface area contributed by atoms with Crippen LogP contribution in [-0.4, -0.2) is 54.6 Å². The van der Waals surface area contributed by atoms with Crippen LogP contribution < -0.4 is 0 Å². The van der Waals surface area contributed by atoms with E-state index in [-0.39, 0.29) is 42.7 Å². The topological polar surface area (TPSA) is 101 Å². The van der Waals surface area contributed by atoms with Gasteiger partial charge in [0.15, 0.2) is 0 Å². The zero-order chi connectivity index (χ0) is 19.6. The van der Waals surface area contributed by atoms with Gasteiger partial charge in [-0.2, -0.15) is 4.31 Å². The molecule has 3 rings (SSSR count). The number of amides is 1. The molecule has 1 fully saturated rings. The van der Waals surface area contributed by atoms with Gasteiger partial charge in [0.25, 0.3) is 11.6 Å². The van der Waals surface area contributed by atoms with Crippen molar-refractivity contribution in [1.82, 2.24) is 9.21 Å². The molecule has 0 unspecified atom stereocenters. The second kappa shape index (κ2) is 7.75. The number of benzene rings is 2. The number of nitrogens with zero attached hydrogens (tertiary/aromatic N) is 3. The Kier molecular flexibility index (Phi) is 5.59. The van der Waals surface area contributed by atoms with Gasteiger partial charge in [-0.1, -0.05) is 15.9 Å². The van der Waals surface area contributed by atoms with Gasteiger partial charge < -0.3 is 4.90 Å². The van der Waals surface area contributed by atoms with Gasteiger partial charge in [0.2, 0.25) is 10.0 Å². The predicted octanol–water partition coefficient (Wildman–Crippen LogP) is 2.50. The minimum Gasteiger partial charge on any atom is -0.336 e. The molecule has 0 N–H and O–H groups in total. The van der Waals surface area contributed by atoms with Crippen molar-refractivity contribution in [2.75, 3.05) is 26.2 Å². The van der Waals surface area contributed by atoms with Crippen LogP contribution in [0.5, 0.6) is 0 Å². The van der Waals surface area contributed by atoms with Gasteiger partial charge in [-0.25, -0.2) is 8.42 Å². The molecule has 1 aliphatic heterocycles. The molecule has 142 valence electrons. The third-order valence-corrected chi connectivity index (χ3v) is 6.74. The van der Waals surface area contributed by atoms with Gasteiger partial charge in [0, 0.05) is 48.3 Å². The van der Waals surface area contributed by atoms with Crippen molar-refractivity contribution in [3.8, 4) is 0 Å². The van der Waals surface area contributed by atoms with E-state index in [1.807, 2.05) is 0 Å². The van der Waals surface area contributed by atoms with Crippen molar-refractivity contribution >= 4 is 37.5 Å². The molecule has 1 amide bonds. The Morgan fingerprint density at radius 3 is 2.04 bits per heavy atom. The van der Waals surface area contributed by atoms with E-state index < -0.39 is 14.9 Å². The first-order valence-electron chi connectivity index (χ1n) is 8.08. The summed E-state index contributed by atoms with van der Waals surface area (Å²) in [6.45, 7) is 0.894. The number of nitro benzene ring substituents is 1. The number of nitro groups is 1.